The van der Waals surface area contributed by atoms with Crippen LogP contribution in [0.3, 0.4) is 0 Å². The zero-order valence-electron chi connectivity index (χ0n) is 24.3. The Balaban J connectivity index is 1.37. The molecule has 3 fully saturated rings. The summed E-state index contributed by atoms with van der Waals surface area (Å²) in [6.45, 7) is 10.5. The molecule has 2 amide bonds. The van der Waals surface area contributed by atoms with Crippen LogP contribution in [0, 0.1) is 5.92 Å². The summed E-state index contributed by atoms with van der Waals surface area (Å²) in [4.78, 5) is 38.9. The predicted molar refractivity (Wildman–Crippen MR) is 150 cm³/mol. The number of benzene rings is 1. The van der Waals surface area contributed by atoms with Crippen molar-refractivity contribution < 1.29 is 33.3 Å². The Bertz CT molecular complexity index is 1090. The number of methoxy groups -OCH3 is 1. The molecule has 0 aromatic heterocycles. The highest BCUT2D eigenvalue weighted by molar-refractivity contribution is 5.87. The van der Waals surface area contributed by atoms with Crippen LogP contribution in [0.2, 0.25) is 0 Å². The van der Waals surface area contributed by atoms with Crippen molar-refractivity contribution in [3.63, 3.8) is 0 Å². The van der Waals surface area contributed by atoms with Crippen LogP contribution in [0.15, 0.2) is 36.4 Å². The molecule has 1 saturated carbocycles. The number of carbonyl (C=O) groups excluding carboxylic acids is 3. The normalized spacial score (nSPS) is 26.8. The Morgan fingerprint density at radius 3 is 2.55 bits per heavy atom. The molecule has 2 unspecified atom stereocenters. The molecule has 1 aromatic carbocycles. The Morgan fingerprint density at radius 1 is 1.15 bits per heavy atom. The van der Waals surface area contributed by atoms with E-state index in [0.29, 0.717) is 31.4 Å². The van der Waals surface area contributed by atoms with E-state index in [1.807, 2.05) is 43.9 Å². The van der Waals surface area contributed by atoms with E-state index in [9.17, 15) is 14.4 Å². The topological polar surface area (TPSA) is 103 Å². The third-order valence-corrected chi connectivity index (χ3v) is 8.35. The van der Waals surface area contributed by atoms with Crippen LogP contribution in [-0.2, 0) is 23.8 Å². The number of likely N-dealkylation sites (tertiary alicyclic amines) is 1. The van der Waals surface area contributed by atoms with Gasteiger partial charge in [0, 0.05) is 6.54 Å². The number of hydrogen-bond donors (Lipinski definition) is 1. The van der Waals surface area contributed by atoms with Crippen molar-refractivity contribution in [1.29, 1.82) is 0 Å². The first-order chi connectivity index (χ1) is 19.0. The second-order valence-electron chi connectivity index (χ2n) is 12.4. The third-order valence-electron chi connectivity index (χ3n) is 8.35. The molecule has 3 aliphatic rings. The molecule has 1 spiro atoms. The summed E-state index contributed by atoms with van der Waals surface area (Å²) in [6.07, 6.45) is 6.30. The second kappa shape index (κ2) is 12.6. The van der Waals surface area contributed by atoms with Gasteiger partial charge in [0.05, 0.1) is 30.9 Å². The van der Waals surface area contributed by atoms with E-state index >= 15 is 0 Å². The molecule has 9 nitrogen and oxygen atoms in total. The molecule has 0 radical (unpaired) electrons. The van der Waals surface area contributed by atoms with Gasteiger partial charge in [0.2, 0.25) is 5.91 Å². The third kappa shape index (κ3) is 7.16. The van der Waals surface area contributed by atoms with Gasteiger partial charge in [-0.3, -0.25) is 4.79 Å². The molecule has 2 aliphatic heterocycles. The summed E-state index contributed by atoms with van der Waals surface area (Å²) in [5.74, 6) is 1.10. The number of para-hydroxylation sites is 1. The molecular formula is C31H44N2O7. The van der Waals surface area contributed by atoms with E-state index in [-0.39, 0.29) is 36.8 Å². The first kappa shape index (κ1) is 29.9. The van der Waals surface area contributed by atoms with Crippen molar-refractivity contribution >= 4 is 18.0 Å². The lowest BCUT2D eigenvalue weighted by Gasteiger charge is -2.42. The smallest absolute Gasteiger partial charge is 0.410 e. The van der Waals surface area contributed by atoms with E-state index < -0.39 is 17.1 Å². The fourth-order valence-corrected chi connectivity index (χ4v) is 6.37. The molecule has 40 heavy (non-hydrogen) atoms. The summed E-state index contributed by atoms with van der Waals surface area (Å²) in [7, 11) is 1.33. The van der Waals surface area contributed by atoms with Crippen molar-refractivity contribution in [2.45, 2.75) is 88.8 Å². The first-order valence-electron chi connectivity index (χ1n) is 14.4. The van der Waals surface area contributed by atoms with Gasteiger partial charge in [0.1, 0.15) is 24.6 Å². The number of morpholine rings is 1. The number of amides is 2. The lowest BCUT2D eigenvalue weighted by molar-refractivity contribution is -0.137. The van der Waals surface area contributed by atoms with E-state index in [1.54, 1.807) is 0 Å². The molecule has 1 aromatic rings. The van der Waals surface area contributed by atoms with Crippen LogP contribution in [0.4, 0.5) is 4.79 Å². The summed E-state index contributed by atoms with van der Waals surface area (Å²) >= 11 is 0. The van der Waals surface area contributed by atoms with E-state index in [1.165, 1.54) is 7.11 Å². The van der Waals surface area contributed by atoms with Crippen LogP contribution < -0.4 is 10.1 Å². The van der Waals surface area contributed by atoms with Gasteiger partial charge in [-0.25, -0.2) is 9.59 Å². The fourth-order valence-electron chi connectivity index (χ4n) is 6.37. The SMILES string of the molecule is C=C(COc1ccccc1C1CCC(CCC2N(C(=O)OC(C)(C)C)CCC23COCC(=O)N3)CC1)C(=O)OC. The molecule has 2 atom stereocenters. The van der Waals surface area contributed by atoms with Crippen LogP contribution in [0.25, 0.3) is 0 Å². The molecule has 1 aliphatic carbocycles. The zero-order chi connectivity index (χ0) is 28.9. The number of esters is 1. The lowest BCUT2D eigenvalue weighted by Crippen LogP contribution is -2.63. The maximum absolute atomic E-state index is 13.1. The molecule has 9 heteroatoms. The summed E-state index contributed by atoms with van der Waals surface area (Å²) in [6, 6.07) is 7.84. The van der Waals surface area contributed by atoms with Gasteiger partial charge in [-0.05, 0) is 89.2 Å². The van der Waals surface area contributed by atoms with Gasteiger partial charge < -0.3 is 29.2 Å². The molecule has 1 N–H and O–H groups in total. The number of ether oxygens (including phenoxy) is 4. The van der Waals surface area contributed by atoms with Crippen molar-refractivity contribution in [1.82, 2.24) is 10.2 Å². The average molecular weight is 557 g/mol. The minimum atomic E-state index is -0.589. The maximum Gasteiger partial charge on any atom is 0.410 e. The van der Waals surface area contributed by atoms with Crippen molar-refractivity contribution in [2.75, 3.05) is 33.5 Å². The van der Waals surface area contributed by atoms with Crippen molar-refractivity contribution in [2.24, 2.45) is 5.92 Å². The number of nitrogens with zero attached hydrogens (tertiary/aromatic N) is 1. The molecular weight excluding hydrogens is 512 g/mol. The number of rotatable bonds is 8. The Kier molecular flexibility index (Phi) is 9.44. The van der Waals surface area contributed by atoms with Crippen molar-refractivity contribution in [3.8, 4) is 5.75 Å². The minimum absolute atomic E-state index is 0.0624. The van der Waals surface area contributed by atoms with Gasteiger partial charge in [0.15, 0.2) is 0 Å². The number of hydrogen-bond acceptors (Lipinski definition) is 7. The monoisotopic (exact) mass is 556 g/mol. The van der Waals surface area contributed by atoms with Crippen LogP contribution in [0.1, 0.15) is 77.2 Å². The molecule has 2 saturated heterocycles. The van der Waals surface area contributed by atoms with Crippen LogP contribution in [0.5, 0.6) is 5.75 Å². The summed E-state index contributed by atoms with van der Waals surface area (Å²) in [5.41, 5.74) is 0.292. The highest BCUT2D eigenvalue weighted by atomic mass is 16.6. The summed E-state index contributed by atoms with van der Waals surface area (Å²) in [5, 5.41) is 3.18. The van der Waals surface area contributed by atoms with Gasteiger partial charge in [-0.15, -0.1) is 0 Å². The maximum atomic E-state index is 13.1. The van der Waals surface area contributed by atoms with Gasteiger partial charge in [0.25, 0.3) is 0 Å². The Hall–Kier alpha value is -3.07. The van der Waals surface area contributed by atoms with Gasteiger partial charge in [-0.2, -0.15) is 0 Å². The van der Waals surface area contributed by atoms with Gasteiger partial charge in [-0.1, -0.05) is 24.8 Å². The van der Waals surface area contributed by atoms with Crippen LogP contribution >= 0.6 is 0 Å². The van der Waals surface area contributed by atoms with Crippen molar-refractivity contribution in [3.05, 3.63) is 42.0 Å². The molecule has 220 valence electrons. The highest BCUT2D eigenvalue weighted by Crippen LogP contribution is 2.42. The fraction of sp³-hybridized carbons (Fsp3) is 0.645. The average Bonchev–Trinajstić information content (AvgIpc) is 3.26. The zero-order valence-corrected chi connectivity index (χ0v) is 24.3. The standard InChI is InChI=1S/C31H44N2O7/c1-21(28(35)37-5)18-39-25-9-7-6-8-24(25)23-13-10-22(11-14-23)12-15-26-31(20-38-19-27(34)32-31)16-17-33(26)29(36)40-30(2,3)4/h6-9,22-23,26H,1,10-20H2,2-5H3,(H,32,34). The number of nitrogens with one attached hydrogen (secondary N) is 1. The minimum Gasteiger partial charge on any atom is -0.488 e. The quantitative estimate of drug-likeness (QED) is 0.364. The summed E-state index contributed by atoms with van der Waals surface area (Å²) < 4.78 is 22.1. The lowest BCUT2D eigenvalue weighted by atomic mass is 9.75. The molecule has 0 bridgehead atoms. The highest BCUT2D eigenvalue weighted by Gasteiger charge is 2.52. The second-order valence-corrected chi connectivity index (χ2v) is 12.4. The predicted octanol–water partition coefficient (Wildman–Crippen LogP) is 4.74. The Labute approximate surface area is 237 Å². The number of carbonyl (C=O) groups is 3. The Morgan fingerprint density at radius 2 is 1.88 bits per heavy atom. The van der Waals surface area contributed by atoms with E-state index in [2.05, 4.69) is 18.0 Å². The van der Waals surface area contributed by atoms with Gasteiger partial charge >= 0.3 is 12.1 Å². The molecule has 2 heterocycles. The largest absolute Gasteiger partial charge is 0.488 e. The van der Waals surface area contributed by atoms with E-state index in [4.69, 9.17) is 18.9 Å². The van der Waals surface area contributed by atoms with Crippen LogP contribution in [-0.4, -0.2) is 73.5 Å². The molecule has 4 rings (SSSR count). The van der Waals surface area contributed by atoms with E-state index in [0.717, 1.165) is 49.8 Å². The first-order valence-corrected chi connectivity index (χ1v) is 14.4.